The van der Waals surface area contributed by atoms with E-state index in [1.165, 1.54) is 32.2 Å². The van der Waals surface area contributed by atoms with Gasteiger partial charge in [0.2, 0.25) is 0 Å². The van der Waals surface area contributed by atoms with Crippen LogP contribution in [0.1, 0.15) is 51.9 Å². The third-order valence-corrected chi connectivity index (χ3v) is 3.65. The van der Waals surface area contributed by atoms with Crippen LogP contribution in [-0.4, -0.2) is 24.2 Å². The van der Waals surface area contributed by atoms with Crippen LogP contribution < -0.4 is 5.32 Å². The predicted molar refractivity (Wildman–Crippen MR) is 65.5 cm³/mol. The van der Waals surface area contributed by atoms with Crippen molar-refractivity contribution >= 4 is 5.97 Å². The maximum atomic E-state index is 10.4. The summed E-state index contributed by atoms with van der Waals surface area (Å²) in [6.07, 6.45) is 7.57. The van der Waals surface area contributed by atoms with Crippen molar-refractivity contribution < 1.29 is 9.90 Å². The summed E-state index contributed by atoms with van der Waals surface area (Å²) in [6, 6.07) is 0. The van der Waals surface area contributed by atoms with Crippen LogP contribution in [0.15, 0.2) is 0 Å². The second kappa shape index (κ2) is 7.66. The molecule has 0 unspecified atom stereocenters. The predicted octanol–water partition coefficient (Wildman–Crippen LogP) is 2.66. The van der Waals surface area contributed by atoms with Gasteiger partial charge in [-0.1, -0.05) is 19.8 Å². The highest BCUT2D eigenvalue weighted by atomic mass is 16.4. The van der Waals surface area contributed by atoms with Crippen molar-refractivity contribution in [1.82, 2.24) is 5.32 Å². The molecule has 1 aliphatic carbocycles. The quantitative estimate of drug-likeness (QED) is 0.703. The Morgan fingerprint density at radius 3 is 2.44 bits per heavy atom. The molecular formula is C13H25NO2. The lowest BCUT2D eigenvalue weighted by atomic mass is 9.80. The number of nitrogens with one attached hydrogen (secondary N) is 1. The Bertz CT molecular complexity index is 198. The molecule has 0 aromatic carbocycles. The van der Waals surface area contributed by atoms with Crippen molar-refractivity contribution in [3.05, 3.63) is 0 Å². The molecule has 3 heteroatoms. The second-order valence-electron chi connectivity index (χ2n) is 4.98. The lowest BCUT2D eigenvalue weighted by molar-refractivity contribution is -0.137. The molecule has 0 amide bonds. The van der Waals surface area contributed by atoms with Gasteiger partial charge in [0.25, 0.3) is 0 Å². The van der Waals surface area contributed by atoms with Gasteiger partial charge in [-0.05, 0) is 50.6 Å². The van der Waals surface area contributed by atoms with Gasteiger partial charge in [0.15, 0.2) is 0 Å². The molecule has 0 aliphatic heterocycles. The molecule has 0 spiro atoms. The Morgan fingerprint density at radius 1 is 1.25 bits per heavy atom. The van der Waals surface area contributed by atoms with Gasteiger partial charge < -0.3 is 10.4 Å². The molecule has 0 atom stereocenters. The SMILES string of the molecule is CCNC[C@H]1CC[C@H](CCCC(=O)O)CC1. The standard InChI is InChI=1S/C13H25NO2/c1-2-14-10-12-8-6-11(7-9-12)4-3-5-13(15)16/h11-12,14H,2-10H2,1H3,(H,15,16)/t11-,12-. The highest BCUT2D eigenvalue weighted by molar-refractivity contribution is 5.66. The van der Waals surface area contributed by atoms with Crippen LogP contribution in [0.5, 0.6) is 0 Å². The van der Waals surface area contributed by atoms with E-state index in [1.54, 1.807) is 0 Å². The zero-order chi connectivity index (χ0) is 11.8. The zero-order valence-electron chi connectivity index (χ0n) is 10.4. The van der Waals surface area contributed by atoms with Crippen LogP contribution >= 0.6 is 0 Å². The molecule has 0 saturated heterocycles. The van der Waals surface area contributed by atoms with Gasteiger partial charge in [-0.3, -0.25) is 4.79 Å². The second-order valence-corrected chi connectivity index (χ2v) is 4.98. The van der Waals surface area contributed by atoms with Crippen molar-refractivity contribution in [2.45, 2.75) is 51.9 Å². The van der Waals surface area contributed by atoms with Gasteiger partial charge in [-0.2, -0.15) is 0 Å². The fourth-order valence-corrected chi connectivity index (χ4v) is 2.61. The Kier molecular flexibility index (Phi) is 6.46. The van der Waals surface area contributed by atoms with Crippen molar-refractivity contribution in [2.75, 3.05) is 13.1 Å². The molecule has 1 fully saturated rings. The van der Waals surface area contributed by atoms with E-state index in [0.717, 1.165) is 31.2 Å². The van der Waals surface area contributed by atoms with E-state index >= 15 is 0 Å². The first-order valence-electron chi connectivity index (χ1n) is 6.64. The highest BCUT2D eigenvalue weighted by Gasteiger charge is 2.20. The van der Waals surface area contributed by atoms with Gasteiger partial charge in [0.05, 0.1) is 0 Å². The normalized spacial score (nSPS) is 25.6. The average Bonchev–Trinajstić information content (AvgIpc) is 2.27. The van der Waals surface area contributed by atoms with E-state index in [4.69, 9.17) is 5.11 Å². The van der Waals surface area contributed by atoms with E-state index in [0.29, 0.717) is 6.42 Å². The lowest BCUT2D eigenvalue weighted by Crippen LogP contribution is -2.26. The first-order valence-corrected chi connectivity index (χ1v) is 6.64. The molecule has 0 aromatic rings. The maximum absolute atomic E-state index is 10.4. The fraction of sp³-hybridized carbons (Fsp3) is 0.923. The summed E-state index contributed by atoms with van der Waals surface area (Å²) in [6.45, 7) is 4.38. The minimum absolute atomic E-state index is 0.345. The van der Waals surface area contributed by atoms with Crippen LogP contribution in [0.2, 0.25) is 0 Å². The first kappa shape index (κ1) is 13.5. The minimum Gasteiger partial charge on any atom is -0.481 e. The van der Waals surface area contributed by atoms with Crippen molar-refractivity contribution in [3.8, 4) is 0 Å². The van der Waals surface area contributed by atoms with E-state index in [1.807, 2.05) is 0 Å². The highest BCUT2D eigenvalue weighted by Crippen LogP contribution is 2.31. The Labute approximate surface area is 98.6 Å². The summed E-state index contributed by atoms with van der Waals surface area (Å²) in [5, 5.41) is 12.0. The molecule has 3 nitrogen and oxygen atoms in total. The van der Waals surface area contributed by atoms with Crippen LogP contribution in [0.25, 0.3) is 0 Å². The summed E-state index contributed by atoms with van der Waals surface area (Å²) in [4.78, 5) is 10.4. The third kappa shape index (κ3) is 5.50. The maximum Gasteiger partial charge on any atom is 0.303 e. The van der Waals surface area contributed by atoms with Gasteiger partial charge in [0, 0.05) is 6.42 Å². The Balaban J connectivity index is 2.05. The lowest BCUT2D eigenvalue weighted by Gasteiger charge is -2.28. The molecule has 0 radical (unpaired) electrons. The molecular weight excluding hydrogens is 202 g/mol. The number of aliphatic carboxylic acids is 1. The third-order valence-electron chi connectivity index (χ3n) is 3.65. The number of hydrogen-bond acceptors (Lipinski definition) is 2. The summed E-state index contributed by atoms with van der Waals surface area (Å²) < 4.78 is 0. The summed E-state index contributed by atoms with van der Waals surface area (Å²) >= 11 is 0. The van der Waals surface area contributed by atoms with Crippen molar-refractivity contribution in [1.29, 1.82) is 0 Å². The number of hydrogen-bond donors (Lipinski definition) is 2. The van der Waals surface area contributed by atoms with Crippen LogP contribution in [0.3, 0.4) is 0 Å². The molecule has 1 saturated carbocycles. The summed E-state index contributed by atoms with van der Waals surface area (Å²) in [5.74, 6) is 0.994. The smallest absolute Gasteiger partial charge is 0.303 e. The van der Waals surface area contributed by atoms with Gasteiger partial charge >= 0.3 is 5.97 Å². The van der Waals surface area contributed by atoms with E-state index < -0.39 is 5.97 Å². The number of carboxylic acids is 1. The van der Waals surface area contributed by atoms with E-state index in [9.17, 15) is 4.79 Å². The molecule has 0 aromatic heterocycles. The van der Waals surface area contributed by atoms with Crippen LogP contribution in [0.4, 0.5) is 0 Å². The van der Waals surface area contributed by atoms with Crippen LogP contribution in [-0.2, 0) is 4.79 Å². The molecule has 0 heterocycles. The number of carbonyl (C=O) groups is 1. The summed E-state index contributed by atoms with van der Waals surface area (Å²) in [5.41, 5.74) is 0. The summed E-state index contributed by atoms with van der Waals surface area (Å²) in [7, 11) is 0. The largest absolute Gasteiger partial charge is 0.481 e. The van der Waals surface area contributed by atoms with Gasteiger partial charge in [-0.15, -0.1) is 0 Å². The number of carboxylic acid groups (broad SMARTS) is 1. The molecule has 0 bridgehead atoms. The molecule has 1 rings (SSSR count). The first-order chi connectivity index (χ1) is 7.72. The van der Waals surface area contributed by atoms with Crippen molar-refractivity contribution in [2.24, 2.45) is 11.8 Å². The fourth-order valence-electron chi connectivity index (χ4n) is 2.61. The Hall–Kier alpha value is -0.570. The van der Waals surface area contributed by atoms with Crippen LogP contribution in [0, 0.1) is 11.8 Å². The van der Waals surface area contributed by atoms with Gasteiger partial charge in [-0.25, -0.2) is 0 Å². The van der Waals surface area contributed by atoms with E-state index in [2.05, 4.69) is 12.2 Å². The monoisotopic (exact) mass is 227 g/mol. The molecule has 2 N–H and O–H groups in total. The topological polar surface area (TPSA) is 49.3 Å². The van der Waals surface area contributed by atoms with Gasteiger partial charge in [0.1, 0.15) is 0 Å². The average molecular weight is 227 g/mol. The number of rotatable bonds is 7. The molecule has 16 heavy (non-hydrogen) atoms. The Morgan fingerprint density at radius 2 is 1.88 bits per heavy atom. The van der Waals surface area contributed by atoms with E-state index in [-0.39, 0.29) is 0 Å². The molecule has 94 valence electrons. The zero-order valence-corrected chi connectivity index (χ0v) is 10.4. The molecule has 1 aliphatic rings. The van der Waals surface area contributed by atoms with Crippen molar-refractivity contribution in [3.63, 3.8) is 0 Å². The minimum atomic E-state index is -0.652.